The van der Waals surface area contributed by atoms with Crippen molar-refractivity contribution in [1.82, 2.24) is 15.5 Å². The number of carbonyl (C=O) groups is 3. The molecule has 2 fully saturated rings. The lowest BCUT2D eigenvalue weighted by atomic mass is 9.96. The minimum absolute atomic E-state index is 0.0827. The van der Waals surface area contributed by atoms with Crippen molar-refractivity contribution in [2.24, 2.45) is 15.9 Å². The molecule has 39 heavy (non-hydrogen) atoms. The smallest absolute Gasteiger partial charge is 0.243 e. The Bertz CT molecular complexity index is 1120. The number of nitrogens with zero attached hydrogens (tertiary/aromatic N) is 3. The first kappa shape index (κ1) is 28.8. The first-order chi connectivity index (χ1) is 18.7. The first-order valence-electron chi connectivity index (χ1n) is 13.7. The zero-order valence-corrected chi connectivity index (χ0v) is 22.5. The zero-order valence-electron chi connectivity index (χ0n) is 22.5. The number of carbonyl (C=O) groups excluding carboxylic acids is 3. The Morgan fingerprint density at radius 3 is 2.62 bits per heavy atom. The molecule has 212 valence electrons. The lowest BCUT2D eigenvalue weighted by Gasteiger charge is -2.34. The number of hydrogen-bond donors (Lipinski definition) is 2. The van der Waals surface area contributed by atoms with Gasteiger partial charge in [-0.15, -0.1) is 0 Å². The topological polar surface area (TPSA) is 112 Å². The molecular formula is C28H37F2N5O4. The van der Waals surface area contributed by atoms with Crippen LogP contribution >= 0.6 is 0 Å². The SMILES string of the molecule is C[C@H](NC(=O)[C@H](CC(=O)N1CCCC[C@@H]1C)NC(=O)CC1CCOCC1)C1N=CC(c2ccc(F)cc2F)=N1. The molecule has 9 nitrogen and oxygen atoms in total. The third kappa shape index (κ3) is 7.68. The molecule has 4 rings (SSSR count). The van der Waals surface area contributed by atoms with Crippen LogP contribution in [0.2, 0.25) is 0 Å². The summed E-state index contributed by atoms with van der Waals surface area (Å²) in [6.07, 6.45) is 5.20. The lowest BCUT2D eigenvalue weighted by molar-refractivity contribution is -0.138. The van der Waals surface area contributed by atoms with E-state index in [-0.39, 0.29) is 47.9 Å². The average Bonchev–Trinajstić information content (AvgIpc) is 3.39. The summed E-state index contributed by atoms with van der Waals surface area (Å²) in [6, 6.07) is 1.63. The van der Waals surface area contributed by atoms with Gasteiger partial charge < -0.3 is 20.3 Å². The molecule has 1 aromatic rings. The number of aliphatic imine (C=N–C) groups is 2. The minimum atomic E-state index is -1.05. The molecule has 0 aromatic heterocycles. The monoisotopic (exact) mass is 545 g/mol. The zero-order chi connectivity index (χ0) is 27.9. The van der Waals surface area contributed by atoms with Crippen LogP contribution in [0.3, 0.4) is 0 Å². The number of likely N-dealkylation sites (tertiary alicyclic amines) is 1. The quantitative estimate of drug-likeness (QED) is 0.497. The molecule has 0 spiro atoms. The highest BCUT2D eigenvalue weighted by molar-refractivity contribution is 6.39. The second-order valence-electron chi connectivity index (χ2n) is 10.6. The van der Waals surface area contributed by atoms with E-state index in [0.29, 0.717) is 19.8 Å². The van der Waals surface area contributed by atoms with Gasteiger partial charge in [0.15, 0.2) is 6.17 Å². The first-order valence-corrected chi connectivity index (χ1v) is 13.7. The van der Waals surface area contributed by atoms with Crippen LogP contribution in [0.15, 0.2) is 28.2 Å². The number of ether oxygens (including phenoxy) is 1. The summed E-state index contributed by atoms with van der Waals surface area (Å²) in [5.41, 5.74) is 0.356. The fourth-order valence-electron chi connectivity index (χ4n) is 5.27. The molecule has 0 aliphatic carbocycles. The van der Waals surface area contributed by atoms with Crippen molar-refractivity contribution in [3.63, 3.8) is 0 Å². The van der Waals surface area contributed by atoms with Gasteiger partial charge in [0.2, 0.25) is 17.7 Å². The van der Waals surface area contributed by atoms with E-state index in [1.165, 1.54) is 12.3 Å². The molecule has 1 aromatic carbocycles. The molecule has 0 radical (unpaired) electrons. The number of hydrogen-bond acceptors (Lipinski definition) is 6. The van der Waals surface area contributed by atoms with Gasteiger partial charge in [0, 0.05) is 43.9 Å². The van der Waals surface area contributed by atoms with Crippen LogP contribution in [0, 0.1) is 17.6 Å². The van der Waals surface area contributed by atoms with Gasteiger partial charge in [-0.05, 0) is 64.0 Å². The van der Waals surface area contributed by atoms with E-state index in [1.54, 1.807) is 11.8 Å². The number of benzene rings is 1. The minimum Gasteiger partial charge on any atom is -0.381 e. The van der Waals surface area contributed by atoms with Crippen molar-refractivity contribution in [3.05, 3.63) is 35.4 Å². The lowest BCUT2D eigenvalue weighted by Crippen LogP contribution is -2.54. The Morgan fingerprint density at radius 2 is 1.90 bits per heavy atom. The molecule has 11 heteroatoms. The van der Waals surface area contributed by atoms with E-state index in [0.717, 1.165) is 44.2 Å². The van der Waals surface area contributed by atoms with Gasteiger partial charge in [0.1, 0.15) is 17.7 Å². The van der Waals surface area contributed by atoms with Gasteiger partial charge in [0.25, 0.3) is 0 Å². The van der Waals surface area contributed by atoms with Crippen LogP contribution in [0.1, 0.15) is 64.4 Å². The molecule has 3 aliphatic heterocycles. The third-order valence-electron chi connectivity index (χ3n) is 7.61. The Balaban J connectivity index is 1.42. The van der Waals surface area contributed by atoms with Crippen molar-refractivity contribution in [3.8, 4) is 0 Å². The van der Waals surface area contributed by atoms with Gasteiger partial charge in [-0.3, -0.25) is 24.4 Å². The van der Waals surface area contributed by atoms with Crippen LogP contribution in [-0.4, -0.2) is 78.6 Å². The Kier molecular flexibility index (Phi) is 9.77. The van der Waals surface area contributed by atoms with Crippen molar-refractivity contribution in [2.75, 3.05) is 19.8 Å². The molecule has 4 atom stereocenters. The number of amides is 3. The number of nitrogens with one attached hydrogen (secondary N) is 2. The Labute approximate surface area is 227 Å². The van der Waals surface area contributed by atoms with E-state index in [4.69, 9.17) is 4.74 Å². The van der Waals surface area contributed by atoms with E-state index in [9.17, 15) is 23.2 Å². The second-order valence-corrected chi connectivity index (χ2v) is 10.6. The number of piperidine rings is 1. The maximum atomic E-state index is 14.2. The maximum Gasteiger partial charge on any atom is 0.243 e. The summed E-state index contributed by atoms with van der Waals surface area (Å²) >= 11 is 0. The average molecular weight is 546 g/mol. The fraction of sp³-hybridized carbons (Fsp3) is 0.607. The van der Waals surface area contributed by atoms with E-state index < -0.39 is 35.8 Å². The fourth-order valence-corrected chi connectivity index (χ4v) is 5.27. The van der Waals surface area contributed by atoms with Crippen LogP contribution in [0.5, 0.6) is 0 Å². The van der Waals surface area contributed by atoms with Crippen LogP contribution < -0.4 is 10.6 Å². The molecule has 2 saturated heterocycles. The Hall–Kier alpha value is -3.21. The van der Waals surface area contributed by atoms with E-state index in [1.807, 2.05) is 6.92 Å². The number of rotatable bonds is 9. The maximum absolute atomic E-state index is 14.2. The predicted molar refractivity (Wildman–Crippen MR) is 143 cm³/mol. The van der Waals surface area contributed by atoms with Crippen molar-refractivity contribution < 1.29 is 27.9 Å². The van der Waals surface area contributed by atoms with Crippen LogP contribution in [-0.2, 0) is 19.1 Å². The van der Waals surface area contributed by atoms with Gasteiger partial charge in [-0.2, -0.15) is 0 Å². The summed E-state index contributed by atoms with van der Waals surface area (Å²) in [5.74, 6) is -2.23. The molecule has 3 aliphatic rings. The molecule has 1 unspecified atom stereocenters. The standard InChI is InChI=1S/C28H37F2N5O4/c1-17-5-3-4-10-35(17)26(37)15-23(33-25(36)13-19-8-11-39-12-9-19)28(38)32-18(2)27-31-16-24(34-27)21-7-6-20(29)14-22(21)30/h6-7,14,16-19,23,27H,3-5,8-13,15H2,1-2H3,(H,32,38)(H,33,36)/t17-,18-,23-,27?/m0/s1. The summed E-state index contributed by atoms with van der Waals surface area (Å²) < 4.78 is 32.9. The van der Waals surface area contributed by atoms with Crippen LogP contribution in [0.25, 0.3) is 0 Å². The molecule has 0 bridgehead atoms. The normalized spacial score (nSPS) is 23.2. The second kappa shape index (κ2) is 13.2. The summed E-state index contributed by atoms with van der Waals surface area (Å²) in [6.45, 7) is 5.54. The van der Waals surface area contributed by atoms with E-state index >= 15 is 0 Å². The highest BCUT2D eigenvalue weighted by Crippen LogP contribution is 2.20. The summed E-state index contributed by atoms with van der Waals surface area (Å²) in [7, 11) is 0. The van der Waals surface area contributed by atoms with Gasteiger partial charge >= 0.3 is 0 Å². The van der Waals surface area contributed by atoms with Crippen molar-refractivity contribution >= 4 is 29.6 Å². The van der Waals surface area contributed by atoms with Gasteiger partial charge in [0.05, 0.1) is 24.4 Å². The summed E-state index contributed by atoms with van der Waals surface area (Å²) in [4.78, 5) is 49.9. The molecule has 3 amide bonds. The molecule has 0 saturated carbocycles. The molecule has 2 N–H and O–H groups in total. The largest absolute Gasteiger partial charge is 0.381 e. The molecular weight excluding hydrogens is 508 g/mol. The van der Waals surface area contributed by atoms with E-state index in [2.05, 4.69) is 20.6 Å². The van der Waals surface area contributed by atoms with Gasteiger partial charge in [-0.1, -0.05) is 0 Å². The third-order valence-corrected chi connectivity index (χ3v) is 7.61. The molecule has 3 heterocycles. The van der Waals surface area contributed by atoms with Crippen LogP contribution in [0.4, 0.5) is 8.78 Å². The summed E-state index contributed by atoms with van der Waals surface area (Å²) in [5, 5.41) is 5.62. The van der Waals surface area contributed by atoms with Gasteiger partial charge in [-0.25, -0.2) is 8.78 Å². The Morgan fingerprint density at radius 1 is 1.13 bits per heavy atom. The highest BCUT2D eigenvalue weighted by Gasteiger charge is 2.32. The highest BCUT2D eigenvalue weighted by atomic mass is 19.1. The predicted octanol–water partition coefficient (Wildman–Crippen LogP) is 2.76. The number of halogens is 2. The van der Waals surface area contributed by atoms with Crippen molar-refractivity contribution in [2.45, 2.75) is 83.1 Å². The van der Waals surface area contributed by atoms with Crippen molar-refractivity contribution in [1.29, 1.82) is 0 Å².